The molecule has 7 nitrogen and oxygen atoms in total. The summed E-state index contributed by atoms with van der Waals surface area (Å²) in [4.78, 5) is 37.6. The Morgan fingerprint density at radius 1 is 1.06 bits per heavy atom. The lowest BCUT2D eigenvalue weighted by Gasteiger charge is -2.42. The molecule has 0 spiro atoms. The fourth-order valence-electron chi connectivity index (χ4n) is 4.82. The molecule has 2 aromatic carbocycles. The summed E-state index contributed by atoms with van der Waals surface area (Å²) in [5.74, 6) is -0.982. The van der Waals surface area contributed by atoms with E-state index in [9.17, 15) is 14.4 Å². The summed E-state index contributed by atoms with van der Waals surface area (Å²) in [6.07, 6.45) is 2.53. The fourth-order valence-corrected chi connectivity index (χ4v) is 4.82. The molecular formula is C26H30N2O5. The Morgan fingerprint density at radius 2 is 1.67 bits per heavy atom. The molecule has 1 saturated carbocycles. The second-order valence-corrected chi connectivity index (χ2v) is 9.07. The molecule has 1 fully saturated rings. The lowest BCUT2D eigenvalue weighted by Crippen LogP contribution is -2.56. The molecule has 0 saturated heterocycles. The van der Waals surface area contributed by atoms with Crippen LogP contribution in [0.15, 0.2) is 48.5 Å². The van der Waals surface area contributed by atoms with Crippen LogP contribution in [0.5, 0.6) is 0 Å². The second kappa shape index (κ2) is 9.65. The quantitative estimate of drug-likeness (QED) is 0.598. The Morgan fingerprint density at radius 3 is 2.21 bits per heavy atom. The van der Waals surface area contributed by atoms with E-state index in [1.54, 1.807) is 11.9 Å². The first-order chi connectivity index (χ1) is 15.9. The number of ether oxygens (including phenoxy) is 1. The molecule has 2 aliphatic carbocycles. The minimum atomic E-state index is -0.872. The van der Waals surface area contributed by atoms with Crippen LogP contribution < -0.4 is 5.32 Å². The molecule has 2 amide bonds. The average Bonchev–Trinajstić information content (AvgIpc) is 3.09. The summed E-state index contributed by atoms with van der Waals surface area (Å²) >= 11 is 0. The van der Waals surface area contributed by atoms with E-state index in [0.717, 1.165) is 30.4 Å². The lowest BCUT2D eigenvalue weighted by atomic mass is 9.74. The van der Waals surface area contributed by atoms with Crippen LogP contribution in [0.1, 0.15) is 55.6 Å². The molecule has 0 heterocycles. The topological polar surface area (TPSA) is 95.9 Å². The number of carbonyl (C=O) groups excluding carboxylic acids is 2. The summed E-state index contributed by atoms with van der Waals surface area (Å²) in [5.41, 5.74) is 4.08. The van der Waals surface area contributed by atoms with E-state index in [4.69, 9.17) is 9.84 Å². The molecule has 0 atom stereocenters. The number of hydrogen-bond donors (Lipinski definition) is 2. The summed E-state index contributed by atoms with van der Waals surface area (Å²) in [6, 6.07) is 16.4. The van der Waals surface area contributed by atoms with Gasteiger partial charge in [0.1, 0.15) is 6.61 Å². The fraction of sp³-hybridized carbons (Fsp3) is 0.423. The van der Waals surface area contributed by atoms with Crippen molar-refractivity contribution in [3.05, 3.63) is 59.7 Å². The van der Waals surface area contributed by atoms with E-state index < -0.39 is 17.6 Å². The van der Waals surface area contributed by atoms with Gasteiger partial charge in [0.25, 0.3) is 0 Å². The second-order valence-electron chi connectivity index (χ2n) is 9.07. The largest absolute Gasteiger partial charge is 0.481 e. The van der Waals surface area contributed by atoms with Crippen molar-refractivity contribution in [2.75, 3.05) is 20.2 Å². The maximum absolute atomic E-state index is 12.7. The van der Waals surface area contributed by atoms with Gasteiger partial charge in [0, 0.05) is 25.9 Å². The number of nitrogens with one attached hydrogen (secondary N) is 1. The number of hydrogen-bond acceptors (Lipinski definition) is 4. The van der Waals surface area contributed by atoms with Crippen molar-refractivity contribution in [2.24, 2.45) is 0 Å². The SMILES string of the molecule is CN(CCCC(=O)O)C(=O)CC1(NC(=O)OCC2c3ccccc3-c3ccccc32)CCC1. The van der Waals surface area contributed by atoms with Gasteiger partial charge in [0.2, 0.25) is 5.91 Å². The van der Waals surface area contributed by atoms with Crippen LogP contribution in [-0.4, -0.2) is 53.7 Å². The Balaban J connectivity index is 1.34. The predicted octanol–water partition coefficient (Wildman–Crippen LogP) is 4.16. The number of carboxylic acid groups (broad SMARTS) is 1. The Bertz CT molecular complexity index is 1000. The number of carboxylic acids is 1. The highest BCUT2D eigenvalue weighted by molar-refractivity contribution is 5.80. The zero-order chi connectivity index (χ0) is 23.4. The normalized spacial score (nSPS) is 15.7. The first-order valence-electron chi connectivity index (χ1n) is 11.5. The predicted molar refractivity (Wildman–Crippen MR) is 124 cm³/mol. The number of benzene rings is 2. The highest BCUT2D eigenvalue weighted by Gasteiger charge is 2.41. The van der Waals surface area contributed by atoms with Gasteiger partial charge in [0.15, 0.2) is 0 Å². The smallest absolute Gasteiger partial charge is 0.407 e. The van der Waals surface area contributed by atoms with Crippen LogP contribution in [0.25, 0.3) is 11.1 Å². The maximum Gasteiger partial charge on any atom is 0.407 e. The van der Waals surface area contributed by atoms with Crippen LogP contribution in [-0.2, 0) is 14.3 Å². The third kappa shape index (κ3) is 5.02. The van der Waals surface area contributed by atoms with Crippen LogP contribution in [0.3, 0.4) is 0 Å². The van der Waals surface area contributed by atoms with E-state index >= 15 is 0 Å². The van der Waals surface area contributed by atoms with Crippen molar-refractivity contribution in [1.82, 2.24) is 10.2 Å². The minimum absolute atomic E-state index is 0.0116. The summed E-state index contributed by atoms with van der Waals surface area (Å²) in [6.45, 7) is 0.616. The van der Waals surface area contributed by atoms with E-state index in [1.807, 2.05) is 24.3 Å². The highest BCUT2D eigenvalue weighted by Crippen LogP contribution is 2.44. The van der Waals surface area contributed by atoms with E-state index in [1.165, 1.54) is 11.1 Å². The van der Waals surface area contributed by atoms with Crippen molar-refractivity contribution >= 4 is 18.0 Å². The summed E-state index contributed by atoms with van der Waals surface area (Å²) in [5, 5.41) is 11.7. The maximum atomic E-state index is 12.7. The van der Waals surface area contributed by atoms with Gasteiger partial charge in [-0.3, -0.25) is 9.59 Å². The van der Waals surface area contributed by atoms with Gasteiger partial charge in [-0.15, -0.1) is 0 Å². The zero-order valence-corrected chi connectivity index (χ0v) is 18.9. The van der Waals surface area contributed by atoms with Crippen molar-refractivity contribution in [1.29, 1.82) is 0 Å². The Labute approximate surface area is 193 Å². The van der Waals surface area contributed by atoms with E-state index in [2.05, 4.69) is 29.6 Å². The minimum Gasteiger partial charge on any atom is -0.481 e. The summed E-state index contributed by atoms with van der Waals surface area (Å²) in [7, 11) is 1.67. The molecule has 7 heteroatoms. The van der Waals surface area contributed by atoms with E-state index in [0.29, 0.717) is 13.0 Å². The van der Waals surface area contributed by atoms with Gasteiger partial charge in [-0.25, -0.2) is 4.79 Å². The standard InChI is InChI=1S/C26H30N2O5/c1-28(15-6-12-24(30)31)23(29)16-26(13-7-14-26)27-25(32)33-17-22-20-10-4-2-8-18(20)19-9-3-5-11-21(19)22/h2-5,8-11,22H,6-7,12-17H2,1H3,(H,27,32)(H,30,31). The Kier molecular flexibility index (Phi) is 6.67. The third-order valence-electron chi connectivity index (χ3n) is 6.82. The van der Waals surface area contributed by atoms with Crippen molar-refractivity contribution in [3.63, 3.8) is 0 Å². The van der Waals surface area contributed by atoms with Crippen LogP contribution in [0.2, 0.25) is 0 Å². The molecule has 2 aromatic rings. The van der Waals surface area contributed by atoms with Crippen LogP contribution in [0, 0.1) is 0 Å². The van der Waals surface area contributed by atoms with Gasteiger partial charge in [0.05, 0.1) is 12.0 Å². The number of alkyl carbamates (subject to hydrolysis) is 1. The van der Waals surface area contributed by atoms with Gasteiger partial charge in [-0.2, -0.15) is 0 Å². The average molecular weight is 451 g/mol. The number of rotatable bonds is 9. The molecule has 0 aromatic heterocycles. The van der Waals surface area contributed by atoms with Crippen molar-refractivity contribution < 1.29 is 24.2 Å². The van der Waals surface area contributed by atoms with Gasteiger partial charge < -0.3 is 20.1 Å². The van der Waals surface area contributed by atoms with Gasteiger partial charge in [-0.05, 0) is 47.9 Å². The number of fused-ring (bicyclic) bond motifs is 3. The Hall–Kier alpha value is -3.35. The highest BCUT2D eigenvalue weighted by atomic mass is 16.5. The first-order valence-corrected chi connectivity index (χ1v) is 11.5. The molecule has 2 N–H and O–H groups in total. The van der Waals surface area contributed by atoms with Gasteiger partial charge in [-0.1, -0.05) is 48.5 Å². The van der Waals surface area contributed by atoms with Crippen molar-refractivity contribution in [2.45, 2.75) is 50.0 Å². The molecule has 0 unspecified atom stereocenters. The van der Waals surface area contributed by atoms with Gasteiger partial charge >= 0.3 is 12.1 Å². The van der Waals surface area contributed by atoms with Crippen LogP contribution >= 0.6 is 0 Å². The third-order valence-corrected chi connectivity index (χ3v) is 6.82. The zero-order valence-electron chi connectivity index (χ0n) is 18.9. The number of aliphatic carboxylic acids is 1. The monoisotopic (exact) mass is 450 g/mol. The molecule has 174 valence electrons. The molecular weight excluding hydrogens is 420 g/mol. The van der Waals surface area contributed by atoms with Crippen LogP contribution in [0.4, 0.5) is 4.79 Å². The molecule has 2 aliphatic rings. The lowest BCUT2D eigenvalue weighted by molar-refractivity contribution is -0.138. The first kappa shape index (κ1) is 22.8. The number of amides is 2. The molecule has 4 rings (SSSR count). The number of carbonyl (C=O) groups is 3. The number of nitrogens with zero attached hydrogens (tertiary/aromatic N) is 1. The molecule has 0 aliphatic heterocycles. The van der Waals surface area contributed by atoms with E-state index in [-0.39, 0.29) is 31.3 Å². The van der Waals surface area contributed by atoms with Crippen molar-refractivity contribution in [3.8, 4) is 11.1 Å². The molecule has 0 bridgehead atoms. The molecule has 0 radical (unpaired) electrons. The summed E-state index contributed by atoms with van der Waals surface area (Å²) < 4.78 is 5.66. The molecule has 33 heavy (non-hydrogen) atoms.